The van der Waals surface area contributed by atoms with Crippen LogP contribution in [0.4, 0.5) is 0 Å². The first kappa shape index (κ1) is 8.55. The summed E-state index contributed by atoms with van der Waals surface area (Å²) in [4.78, 5) is 0. The molecule has 1 aromatic heterocycles. The van der Waals surface area contributed by atoms with Crippen molar-refractivity contribution in [3.8, 4) is 23.2 Å². The van der Waals surface area contributed by atoms with Crippen molar-refractivity contribution in [1.29, 1.82) is 0 Å². The molecule has 2 aromatic rings. The molecule has 14 heavy (non-hydrogen) atoms. The Kier molecular flexibility index (Phi) is 1.51. The smallest absolute Gasteiger partial charge is 0.293 e. The van der Waals surface area contributed by atoms with Gasteiger partial charge in [0.1, 0.15) is 11.6 Å². The third-order valence-corrected chi connectivity index (χ3v) is 2.22. The Hall–Kier alpha value is -2.04. The standard InChI is InChI=1S/C9H8O5/c1-3-4-2-14-9(13)5(4)7(11)8(12)6(3)10/h2,10-13H,1H3. The average molecular weight is 196 g/mol. The summed E-state index contributed by atoms with van der Waals surface area (Å²) in [6, 6.07) is 0. The summed E-state index contributed by atoms with van der Waals surface area (Å²) in [5, 5.41) is 37.6. The van der Waals surface area contributed by atoms with Gasteiger partial charge in [0.25, 0.3) is 5.95 Å². The lowest BCUT2D eigenvalue weighted by Crippen LogP contribution is -1.79. The van der Waals surface area contributed by atoms with Gasteiger partial charge >= 0.3 is 0 Å². The van der Waals surface area contributed by atoms with Crippen LogP contribution < -0.4 is 0 Å². The Morgan fingerprint density at radius 1 is 1.00 bits per heavy atom. The maximum atomic E-state index is 9.40. The number of rotatable bonds is 0. The van der Waals surface area contributed by atoms with Crippen LogP contribution in [-0.2, 0) is 0 Å². The summed E-state index contributed by atoms with van der Waals surface area (Å²) in [6.07, 6.45) is 1.19. The molecular formula is C9H8O5. The third kappa shape index (κ3) is 0.834. The van der Waals surface area contributed by atoms with Gasteiger partial charge < -0.3 is 24.8 Å². The predicted molar refractivity (Wildman–Crippen MR) is 47.6 cm³/mol. The van der Waals surface area contributed by atoms with Gasteiger partial charge in [-0.2, -0.15) is 0 Å². The van der Waals surface area contributed by atoms with Gasteiger partial charge in [-0.1, -0.05) is 0 Å². The summed E-state index contributed by atoms with van der Waals surface area (Å²) in [5.74, 6) is -2.16. The normalized spacial score (nSPS) is 10.9. The maximum absolute atomic E-state index is 9.40. The molecule has 0 aliphatic carbocycles. The third-order valence-electron chi connectivity index (χ3n) is 2.22. The van der Waals surface area contributed by atoms with Crippen molar-refractivity contribution in [3.63, 3.8) is 0 Å². The van der Waals surface area contributed by atoms with Crippen molar-refractivity contribution in [2.24, 2.45) is 0 Å². The first-order chi connectivity index (χ1) is 6.54. The number of phenolic OH excluding ortho intramolecular Hbond substituents is 3. The highest BCUT2D eigenvalue weighted by molar-refractivity contribution is 5.98. The van der Waals surface area contributed by atoms with E-state index >= 15 is 0 Å². The molecule has 0 spiro atoms. The molecule has 2 rings (SSSR count). The van der Waals surface area contributed by atoms with Crippen LogP contribution in [0.15, 0.2) is 10.7 Å². The van der Waals surface area contributed by atoms with Crippen molar-refractivity contribution >= 4 is 10.8 Å². The van der Waals surface area contributed by atoms with Gasteiger partial charge in [-0.15, -0.1) is 0 Å². The first-order valence-electron chi connectivity index (χ1n) is 3.87. The van der Waals surface area contributed by atoms with Crippen LogP contribution in [0.3, 0.4) is 0 Å². The van der Waals surface area contributed by atoms with Gasteiger partial charge in [0.05, 0.1) is 0 Å². The SMILES string of the molecule is Cc1c(O)c(O)c(O)c2c(O)occ12. The second-order valence-corrected chi connectivity index (χ2v) is 3.00. The molecule has 0 aliphatic heterocycles. The molecular weight excluding hydrogens is 188 g/mol. The van der Waals surface area contributed by atoms with Gasteiger partial charge in [0.2, 0.25) is 5.75 Å². The van der Waals surface area contributed by atoms with Gasteiger partial charge in [-0.25, -0.2) is 0 Å². The van der Waals surface area contributed by atoms with Crippen LogP contribution in [0.25, 0.3) is 10.8 Å². The highest BCUT2D eigenvalue weighted by atomic mass is 16.5. The van der Waals surface area contributed by atoms with E-state index in [1.807, 2.05) is 0 Å². The van der Waals surface area contributed by atoms with E-state index in [9.17, 15) is 20.4 Å². The maximum Gasteiger partial charge on any atom is 0.293 e. The van der Waals surface area contributed by atoms with E-state index in [0.717, 1.165) is 0 Å². The molecule has 4 N–H and O–H groups in total. The first-order valence-corrected chi connectivity index (χ1v) is 3.87. The monoisotopic (exact) mass is 196 g/mol. The number of hydrogen-bond donors (Lipinski definition) is 4. The molecule has 0 radical (unpaired) electrons. The summed E-state index contributed by atoms with van der Waals surface area (Å²) < 4.78 is 4.66. The Morgan fingerprint density at radius 2 is 1.64 bits per heavy atom. The molecule has 0 aliphatic rings. The van der Waals surface area contributed by atoms with Crippen LogP contribution >= 0.6 is 0 Å². The quantitative estimate of drug-likeness (QED) is 0.480. The molecule has 5 nitrogen and oxygen atoms in total. The van der Waals surface area contributed by atoms with E-state index in [0.29, 0.717) is 10.9 Å². The van der Waals surface area contributed by atoms with Gasteiger partial charge in [0.15, 0.2) is 11.5 Å². The zero-order valence-electron chi connectivity index (χ0n) is 7.27. The van der Waals surface area contributed by atoms with Crippen molar-refractivity contribution in [2.75, 3.05) is 0 Å². The Labute approximate surface area is 78.4 Å². The second-order valence-electron chi connectivity index (χ2n) is 3.00. The number of aromatic hydroxyl groups is 4. The zero-order chi connectivity index (χ0) is 10.5. The minimum Gasteiger partial charge on any atom is -0.504 e. The predicted octanol–water partition coefficient (Wildman–Crippen LogP) is 1.56. The largest absolute Gasteiger partial charge is 0.504 e. The molecule has 1 heterocycles. The van der Waals surface area contributed by atoms with Crippen molar-refractivity contribution in [2.45, 2.75) is 6.92 Å². The van der Waals surface area contributed by atoms with E-state index in [-0.39, 0.29) is 5.39 Å². The van der Waals surface area contributed by atoms with Crippen molar-refractivity contribution in [1.82, 2.24) is 0 Å². The second kappa shape index (κ2) is 2.47. The van der Waals surface area contributed by atoms with Gasteiger partial charge in [-0.05, 0) is 6.92 Å². The number of phenols is 3. The summed E-state index contributed by atoms with van der Waals surface area (Å²) in [6.45, 7) is 1.53. The van der Waals surface area contributed by atoms with Crippen molar-refractivity contribution < 1.29 is 24.8 Å². The zero-order valence-corrected chi connectivity index (χ0v) is 7.27. The fraction of sp³-hybridized carbons (Fsp3) is 0.111. The van der Waals surface area contributed by atoms with E-state index in [4.69, 9.17) is 0 Å². The molecule has 0 bridgehead atoms. The van der Waals surface area contributed by atoms with E-state index in [1.54, 1.807) is 0 Å². The van der Waals surface area contributed by atoms with Crippen molar-refractivity contribution in [3.05, 3.63) is 11.8 Å². The van der Waals surface area contributed by atoms with Gasteiger partial charge in [-0.3, -0.25) is 0 Å². The minimum atomic E-state index is -0.660. The van der Waals surface area contributed by atoms with Gasteiger partial charge in [0, 0.05) is 10.9 Å². The number of fused-ring (bicyclic) bond motifs is 1. The Bertz CT molecular complexity index is 512. The van der Waals surface area contributed by atoms with Crippen LogP contribution in [-0.4, -0.2) is 20.4 Å². The lowest BCUT2D eigenvalue weighted by atomic mass is 10.1. The lowest BCUT2D eigenvalue weighted by molar-refractivity contribution is 0.334. The number of benzene rings is 1. The molecule has 5 heteroatoms. The lowest BCUT2D eigenvalue weighted by Gasteiger charge is -2.05. The molecule has 1 aromatic carbocycles. The minimum absolute atomic E-state index is 0.00204. The van der Waals surface area contributed by atoms with E-state index < -0.39 is 23.2 Å². The number of furan rings is 1. The average Bonchev–Trinajstić information content (AvgIpc) is 2.54. The molecule has 0 amide bonds. The van der Waals surface area contributed by atoms with Crippen LogP contribution in [0.2, 0.25) is 0 Å². The molecule has 0 saturated carbocycles. The fourth-order valence-electron chi connectivity index (χ4n) is 1.39. The summed E-state index contributed by atoms with van der Waals surface area (Å²) in [7, 11) is 0. The number of aryl methyl sites for hydroxylation is 1. The number of hydrogen-bond acceptors (Lipinski definition) is 5. The topological polar surface area (TPSA) is 94.1 Å². The van der Waals surface area contributed by atoms with Crippen LogP contribution in [0.1, 0.15) is 5.56 Å². The molecule has 0 unspecified atom stereocenters. The summed E-state index contributed by atoms with van der Waals surface area (Å²) in [5.41, 5.74) is 0.333. The molecule has 0 saturated heterocycles. The summed E-state index contributed by atoms with van der Waals surface area (Å²) >= 11 is 0. The molecule has 74 valence electrons. The fourth-order valence-corrected chi connectivity index (χ4v) is 1.39. The molecule has 0 atom stereocenters. The Morgan fingerprint density at radius 3 is 2.29 bits per heavy atom. The highest BCUT2D eigenvalue weighted by Gasteiger charge is 2.20. The Balaban J connectivity index is 3.05. The highest BCUT2D eigenvalue weighted by Crippen LogP contribution is 2.47. The van der Waals surface area contributed by atoms with E-state index in [2.05, 4.69) is 4.42 Å². The molecule has 0 fully saturated rings. The van der Waals surface area contributed by atoms with Crippen LogP contribution in [0.5, 0.6) is 23.2 Å². The van der Waals surface area contributed by atoms with E-state index in [1.165, 1.54) is 13.2 Å². The van der Waals surface area contributed by atoms with Crippen LogP contribution in [0, 0.1) is 6.92 Å².